The van der Waals surface area contributed by atoms with Crippen molar-refractivity contribution in [2.24, 2.45) is 0 Å². The topological polar surface area (TPSA) is 88.2 Å². The molecule has 2 fully saturated rings. The van der Waals surface area contributed by atoms with Gasteiger partial charge in [-0.2, -0.15) is 0 Å². The van der Waals surface area contributed by atoms with Crippen molar-refractivity contribution in [3.8, 4) is 11.5 Å². The molecule has 184 valence electrons. The van der Waals surface area contributed by atoms with Gasteiger partial charge in [0.05, 0.1) is 19.3 Å². The number of amides is 4. The van der Waals surface area contributed by atoms with E-state index in [1.165, 1.54) is 6.92 Å². The molecule has 2 atom stereocenters. The van der Waals surface area contributed by atoms with E-state index in [-0.39, 0.29) is 11.6 Å². The molecular weight excluding hydrogens is 460 g/mol. The zero-order valence-corrected chi connectivity index (χ0v) is 19.2. The highest BCUT2D eigenvalue weighted by atomic mass is 19.1. The van der Waals surface area contributed by atoms with Crippen LogP contribution >= 0.6 is 0 Å². The Hall–Kier alpha value is -3.69. The van der Waals surface area contributed by atoms with Crippen molar-refractivity contribution in [3.63, 3.8) is 0 Å². The summed E-state index contributed by atoms with van der Waals surface area (Å²) in [6.45, 7) is 2.38. The van der Waals surface area contributed by atoms with Crippen molar-refractivity contribution in [1.29, 1.82) is 0 Å². The van der Waals surface area contributed by atoms with Crippen LogP contribution in [0.5, 0.6) is 11.5 Å². The number of ether oxygens (including phenoxy) is 2. The van der Waals surface area contributed by atoms with Crippen molar-refractivity contribution in [1.82, 2.24) is 15.1 Å². The Morgan fingerprint density at radius 1 is 1.09 bits per heavy atom. The first-order valence-electron chi connectivity index (χ1n) is 11.6. The summed E-state index contributed by atoms with van der Waals surface area (Å²) in [4.78, 5) is 41.4. The van der Waals surface area contributed by atoms with Gasteiger partial charge in [0.2, 0.25) is 5.91 Å². The Kier molecular flexibility index (Phi) is 5.82. The minimum Gasteiger partial charge on any atom is -0.490 e. The molecule has 1 N–H and O–H groups in total. The van der Waals surface area contributed by atoms with Gasteiger partial charge in [0.1, 0.15) is 23.7 Å². The third kappa shape index (κ3) is 4.06. The number of nitrogens with one attached hydrogen (secondary N) is 1. The van der Waals surface area contributed by atoms with Crippen LogP contribution in [0.3, 0.4) is 0 Å². The molecule has 0 spiro atoms. The molecule has 35 heavy (non-hydrogen) atoms. The Morgan fingerprint density at radius 2 is 1.86 bits per heavy atom. The van der Waals surface area contributed by atoms with Gasteiger partial charge in [-0.3, -0.25) is 14.5 Å². The number of hydrogen-bond acceptors (Lipinski definition) is 5. The van der Waals surface area contributed by atoms with E-state index in [9.17, 15) is 23.2 Å². The van der Waals surface area contributed by atoms with E-state index in [2.05, 4.69) is 5.32 Å². The van der Waals surface area contributed by atoms with Crippen LogP contribution < -0.4 is 14.8 Å². The molecule has 2 aromatic rings. The minimum atomic E-state index is -1.82. The summed E-state index contributed by atoms with van der Waals surface area (Å²) in [7, 11) is 0. The monoisotopic (exact) mass is 485 g/mol. The number of rotatable bonds is 4. The van der Waals surface area contributed by atoms with Gasteiger partial charge in [0.25, 0.3) is 5.91 Å². The van der Waals surface area contributed by atoms with Gasteiger partial charge in [-0.15, -0.1) is 0 Å². The number of urea groups is 1. The van der Waals surface area contributed by atoms with E-state index in [4.69, 9.17) is 9.47 Å². The molecule has 0 bridgehead atoms. The molecular formula is C25H25F2N3O5. The molecule has 4 amide bonds. The summed E-state index contributed by atoms with van der Waals surface area (Å²) in [6, 6.07) is 7.21. The number of likely N-dealkylation sites (tertiary alicyclic amines) is 1. The second kappa shape index (κ2) is 8.83. The maximum atomic E-state index is 14.4. The van der Waals surface area contributed by atoms with E-state index in [0.29, 0.717) is 31.3 Å². The van der Waals surface area contributed by atoms with Crippen LogP contribution in [-0.4, -0.2) is 53.9 Å². The largest absolute Gasteiger partial charge is 0.490 e. The Morgan fingerprint density at radius 3 is 2.66 bits per heavy atom. The summed E-state index contributed by atoms with van der Waals surface area (Å²) in [5.74, 6) is -1.51. The quantitative estimate of drug-likeness (QED) is 0.672. The number of fused-ring (bicyclic) bond motifs is 1. The van der Waals surface area contributed by atoms with E-state index in [1.807, 2.05) is 18.2 Å². The highest BCUT2D eigenvalue weighted by Crippen LogP contribution is 2.38. The third-order valence-corrected chi connectivity index (χ3v) is 6.76. The van der Waals surface area contributed by atoms with Gasteiger partial charge in [0, 0.05) is 18.5 Å². The number of benzene rings is 2. The fourth-order valence-corrected chi connectivity index (χ4v) is 4.93. The number of carbonyl (C=O) groups is 3. The van der Waals surface area contributed by atoms with Crippen LogP contribution in [0.15, 0.2) is 36.4 Å². The fraction of sp³-hybridized carbons (Fsp3) is 0.400. The molecule has 3 heterocycles. The summed E-state index contributed by atoms with van der Waals surface area (Å²) < 4.78 is 39.6. The highest BCUT2D eigenvalue weighted by molar-refractivity contribution is 6.09. The SMILES string of the molecule is C[C@@]1(c2cc(F)ccc2F)NC(=O)N(CC(=O)N2CCC[C@@H]2c2ccc3c(c2)OCCCO3)C1=O. The third-order valence-electron chi connectivity index (χ3n) is 6.76. The zero-order chi connectivity index (χ0) is 24.7. The standard InChI is InChI=1S/C25H25F2N3O5/c1-25(17-13-16(26)6-7-18(17)27)23(32)30(24(33)28-25)14-22(31)29-9-2-4-19(29)15-5-8-20-21(12-15)35-11-3-10-34-20/h5-8,12-13,19H,2-4,9-11,14H2,1H3,(H,28,33)/t19-,25+/m1/s1. The summed E-state index contributed by atoms with van der Waals surface area (Å²) in [5, 5.41) is 2.42. The maximum absolute atomic E-state index is 14.4. The first-order chi connectivity index (χ1) is 16.8. The van der Waals surface area contributed by atoms with Gasteiger partial charge in [-0.05, 0) is 55.7 Å². The number of imide groups is 1. The highest BCUT2D eigenvalue weighted by Gasteiger charge is 2.51. The number of hydrogen-bond donors (Lipinski definition) is 1. The number of nitrogens with zero attached hydrogens (tertiary/aromatic N) is 2. The minimum absolute atomic E-state index is 0.243. The Labute approximate surface area is 200 Å². The first-order valence-corrected chi connectivity index (χ1v) is 11.6. The number of carbonyl (C=O) groups excluding carboxylic acids is 3. The Balaban J connectivity index is 1.34. The molecule has 3 aliphatic heterocycles. The normalized spacial score (nSPS) is 23.9. The second-order valence-corrected chi connectivity index (χ2v) is 9.07. The lowest BCUT2D eigenvalue weighted by Gasteiger charge is -2.27. The first kappa shape index (κ1) is 23.1. The van der Waals surface area contributed by atoms with Gasteiger partial charge in [0.15, 0.2) is 11.5 Å². The van der Waals surface area contributed by atoms with E-state index >= 15 is 0 Å². The van der Waals surface area contributed by atoms with Crippen molar-refractivity contribution >= 4 is 17.8 Å². The lowest BCUT2D eigenvalue weighted by Crippen LogP contribution is -2.44. The van der Waals surface area contributed by atoms with Crippen molar-refractivity contribution in [3.05, 3.63) is 59.2 Å². The van der Waals surface area contributed by atoms with E-state index in [0.717, 1.165) is 47.9 Å². The van der Waals surface area contributed by atoms with E-state index < -0.39 is 41.6 Å². The molecule has 5 rings (SSSR count). The van der Waals surface area contributed by atoms with Crippen LogP contribution in [-0.2, 0) is 15.1 Å². The van der Waals surface area contributed by atoms with E-state index in [1.54, 1.807) is 4.90 Å². The van der Waals surface area contributed by atoms with Crippen molar-refractivity contribution in [2.45, 2.75) is 37.8 Å². The summed E-state index contributed by atoms with van der Waals surface area (Å²) in [6.07, 6.45) is 2.26. The average Bonchev–Trinajstić information content (AvgIpc) is 3.31. The molecule has 8 nitrogen and oxygen atoms in total. The lowest BCUT2D eigenvalue weighted by atomic mass is 9.91. The summed E-state index contributed by atoms with van der Waals surface area (Å²) >= 11 is 0. The fourth-order valence-electron chi connectivity index (χ4n) is 4.93. The predicted molar refractivity (Wildman–Crippen MR) is 120 cm³/mol. The van der Waals surface area contributed by atoms with Gasteiger partial charge in [-0.1, -0.05) is 6.07 Å². The molecule has 0 unspecified atom stereocenters. The molecule has 10 heteroatoms. The molecule has 2 saturated heterocycles. The smallest absolute Gasteiger partial charge is 0.325 e. The van der Waals surface area contributed by atoms with Gasteiger partial charge in [-0.25, -0.2) is 13.6 Å². The molecule has 0 aliphatic carbocycles. The molecule has 0 radical (unpaired) electrons. The molecule has 3 aliphatic rings. The number of halogens is 2. The summed E-state index contributed by atoms with van der Waals surface area (Å²) in [5.41, 5.74) is -1.23. The van der Waals surface area contributed by atoms with Crippen LogP contribution in [0.2, 0.25) is 0 Å². The molecule has 0 saturated carbocycles. The second-order valence-electron chi connectivity index (χ2n) is 9.07. The van der Waals surface area contributed by atoms with Gasteiger partial charge >= 0.3 is 6.03 Å². The van der Waals surface area contributed by atoms with Crippen LogP contribution in [0.4, 0.5) is 13.6 Å². The average molecular weight is 485 g/mol. The van der Waals surface area contributed by atoms with Crippen molar-refractivity contribution < 1.29 is 32.6 Å². The van der Waals surface area contributed by atoms with Crippen LogP contribution in [0.1, 0.15) is 43.4 Å². The van der Waals surface area contributed by atoms with Crippen molar-refractivity contribution in [2.75, 3.05) is 26.3 Å². The molecule has 2 aromatic carbocycles. The van der Waals surface area contributed by atoms with Gasteiger partial charge < -0.3 is 19.7 Å². The lowest BCUT2D eigenvalue weighted by molar-refractivity contribution is -0.139. The van der Waals surface area contributed by atoms with Crippen LogP contribution in [0.25, 0.3) is 0 Å². The maximum Gasteiger partial charge on any atom is 0.325 e. The van der Waals surface area contributed by atoms with Crippen LogP contribution in [0, 0.1) is 11.6 Å². The predicted octanol–water partition coefficient (Wildman–Crippen LogP) is 3.26. The Bertz CT molecular complexity index is 1210. The zero-order valence-electron chi connectivity index (χ0n) is 19.2. The molecule has 0 aromatic heterocycles.